The first kappa shape index (κ1) is 31.6. The lowest BCUT2D eigenvalue weighted by atomic mass is 9.81. The summed E-state index contributed by atoms with van der Waals surface area (Å²) in [6, 6.07) is 24.6. The zero-order valence-corrected chi connectivity index (χ0v) is 25.5. The van der Waals surface area contributed by atoms with Crippen molar-refractivity contribution in [1.29, 1.82) is 0 Å². The predicted molar refractivity (Wildman–Crippen MR) is 168 cm³/mol. The Labute approximate surface area is 266 Å². The molecule has 12 heteroatoms. The Morgan fingerprint density at radius 3 is 2.53 bits per heavy atom. The minimum atomic E-state index is -1.61. The number of benzene rings is 4. The Bertz CT molecular complexity index is 1750. The van der Waals surface area contributed by atoms with Crippen molar-refractivity contribution in [3.05, 3.63) is 140 Å². The number of aliphatic hydroxyl groups excluding tert-OH is 1. The van der Waals surface area contributed by atoms with Gasteiger partial charge in [-0.25, -0.2) is 13.8 Å². The third-order valence-corrected chi connectivity index (χ3v) is 7.77. The van der Waals surface area contributed by atoms with Crippen molar-refractivity contribution in [2.75, 3.05) is 13.2 Å². The van der Waals surface area contributed by atoms with Gasteiger partial charge >= 0.3 is 0 Å². The first-order valence-electron chi connectivity index (χ1n) is 14.0. The molecule has 4 aromatic carbocycles. The Balaban J connectivity index is 1.59. The molecule has 0 bridgehead atoms. The van der Waals surface area contributed by atoms with E-state index < -0.39 is 29.2 Å². The summed E-state index contributed by atoms with van der Waals surface area (Å²) in [7, 11) is 0. The number of azide groups is 1. The van der Waals surface area contributed by atoms with Crippen LogP contribution in [0.4, 0.5) is 14.5 Å². The van der Waals surface area contributed by atoms with E-state index in [1.165, 1.54) is 6.07 Å². The number of nitrogens with one attached hydrogen (secondary N) is 1. The van der Waals surface area contributed by atoms with Crippen LogP contribution >= 0.6 is 15.9 Å². The third-order valence-electron chi connectivity index (χ3n) is 7.24. The topological polar surface area (TPSA) is 129 Å². The van der Waals surface area contributed by atoms with Gasteiger partial charge in [0, 0.05) is 46.6 Å². The molecule has 2 N–H and O–H groups in total. The molecule has 0 saturated heterocycles. The molecule has 1 aliphatic heterocycles. The van der Waals surface area contributed by atoms with Gasteiger partial charge in [0.15, 0.2) is 23.3 Å². The summed E-state index contributed by atoms with van der Waals surface area (Å²) in [5.41, 5.74) is 10.1. The van der Waals surface area contributed by atoms with Crippen LogP contribution in [0.25, 0.3) is 10.4 Å². The second-order valence-electron chi connectivity index (χ2n) is 10.3. The molecule has 230 valence electrons. The van der Waals surface area contributed by atoms with Gasteiger partial charge in [-0.05, 0) is 70.8 Å². The smallest absolute Gasteiger partial charge is 0.252 e. The summed E-state index contributed by atoms with van der Waals surface area (Å²) in [4.78, 5) is 22.3. The SMILES string of the molecule is [N-]=[N+]=Nc1ccccc1C[C@@]1(C(=O)NCc2ccc(F)c(F)c2)N=C(c2ccc(OCCCO)cc2)O[C@@H]1c1ccc(Br)cc1. The van der Waals surface area contributed by atoms with Crippen molar-refractivity contribution in [3.8, 4) is 5.75 Å². The van der Waals surface area contributed by atoms with Crippen LogP contribution in [-0.2, 0) is 22.5 Å². The van der Waals surface area contributed by atoms with Gasteiger partial charge in [0.2, 0.25) is 5.90 Å². The minimum absolute atomic E-state index is 0.0155. The van der Waals surface area contributed by atoms with Crippen molar-refractivity contribution < 1.29 is 28.2 Å². The van der Waals surface area contributed by atoms with Gasteiger partial charge in [0.1, 0.15) is 5.75 Å². The largest absolute Gasteiger partial charge is 0.494 e. The molecule has 4 aromatic rings. The monoisotopic (exact) mass is 675 g/mol. The number of aliphatic hydroxyl groups is 1. The van der Waals surface area contributed by atoms with Gasteiger partial charge in [-0.3, -0.25) is 4.79 Å². The summed E-state index contributed by atoms with van der Waals surface area (Å²) in [5.74, 6) is -1.76. The van der Waals surface area contributed by atoms with Crippen LogP contribution in [-0.4, -0.2) is 35.7 Å². The van der Waals surface area contributed by atoms with Crippen LogP contribution in [0.1, 0.15) is 34.8 Å². The molecule has 0 fully saturated rings. The molecule has 0 aliphatic carbocycles. The molecule has 2 atom stereocenters. The number of ether oxygens (including phenoxy) is 2. The number of rotatable bonds is 12. The zero-order chi connectivity index (χ0) is 31.8. The first-order chi connectivity index (χ1) is 21.8. The van der Waals surface area contributed by atoms with Crippen LogP contribution in [0.2, 0.25) is 0 Å². The molecule has 1 aliphatic rings. The van der Waals surface area contributed by atoms with E-state index >= 15 is 0 Å². The molecule has 0 unspecified atom stereocenters. The van der Waals surface area contributed by atoms with Crippen molar-refractivity contribution >= 4 is 33.4 Å². The van der Waals surface area contributed by atoms with E-state index in [-0.39, 0.29) is 25.5 Å². The van der Waals surface area contributed by atoms with Crippen molar-refractivity contribution in [1.82, 2.24) is 5.32 Å². The molecule has 5 rings (SSSR count). The minimum Gasteiger partial charge on any atom is -0.494 e. The second kappa shape index (κ2) is 14.3. The fraction of sp³-hybridized carbons (Fsp3) is 0.212. The predicted octanol–water partition coefficient (Wildman–Crippen LogP) is 7.25. The highest BCUT2D eigenvalue weighted by Gasteiger charge is 2.53. The summed E-state index contributed by atoms with van der Waals surface area (Å²) in [5, 5.41) is 15.7. The Kier molecular flexibility index (Phi) is 10.1. The number of amides is 1. The first-order valence-corrected chi connectivity index (χ1v) is 14.8. The molecule has 0 aromatic heterocycles. The van der Waals surface area contributed by atoms with Gasteiger partial charge in [0.05, 0.1) is 6.61 Å². The summed E-state index contributed by atoms with van der Waals surface area (Å²) in [6.07, 6.45) is -0.449. The van der Waals surface area contributed by atoms with Gasteiger partial charge in [-0.15, -0.1) is 0 Å². The van der Waals surface area contributed by atoms with E-state index in [0.29, 0.717) is 46.7 Å². The highest BCUT2D eigenvalue weighted by Crippen LogP contribution is 2.44. The summed E-state index contributed by atoms with van der Waals surface area (Å²) >= 11 is 3.45. The molecular weight excluding hydrogens is 648 g/mol. The maximum Gasteiger partial charge on any atom is 0.252 e. The normalized spacial score (nSPS) is 17.2. The third kappa shape index (κ3) is 7.31. The van der Waals surface area contributed by atoms with Gasteiger partial charge in [-0.1, -0.05) is 63.5 Å². The quantitative estimate of drug-likeness (QED) is 0.0709. The number of nitrogens with zero attached hydrogens (tertiary/aromatic N) is 4. The van der Waals surface area contributed by atoms with E-state index in [2.05, 4.69) is 31.3 Å². The number of halogens is 3. The maximum absolute atomic E-state index is 14.4. The Hall–Kier alpha value is -4.77. The fourth-order valence-electron chi connectivity index (χ4n) is 5.00. The standard InChI is InChI=1S/C33H28BrF2N5O4/c34-25-11-7-22(8-12-25)30-33(19-24-4-1-2-5-29(24)40-41-37,32(43)38-20-21-6-15-27(35)28(36)18-21)39-31(45-30)23-9-13-26(14-10-23)44-17-3-16-42/h1-2,4-15,18,30,42H,3,16-17,19-20H2,(H,38,43)/t30-,33-/m1/s1. The molecule has 0 radical (unpaired) electrons. The van der Waals surface area contributed by atoms with Crippen LogP contribution < -0.4 is 10.1 Å². The second-order valence-corrected chi connectivity index (χ2v) is 11.2. The Morgan fingerprint density at radius 1 is 1.07 bits per heavy atom. The summed E-state index contributed by atoms with van der Waals surface area (Å²) in [6.45, 7) is 0.265. The molecule has 1 amide bonds. The number of carbonyl (C=O) groups excluding carboxylic acids is 1. The lowest BCUT2D eigenvalue weighted by molar-refractivity contribution is -0.129. The Morgan fingerprint density at radius 2 is 1.82 bits per heavy atom. The van der Waals surface area contributed by atoms with Gasteiger partial charge < -0.3 is 19.9 Å². The molecule has 0 saturated carbocycles. The number of hydrogen-bond donors (Lipinski definition) is 2. The van der Waals surface area contributed by atoms with Crippen molar-refractivity contribution in [2.24, 2.45) is 10.1 Å². The van der Waals surface area contributed by atoms with E-state index in [9.17, 15) is 19.1 Å². The number of hydrogen-bond acceptors (Lipinski definition) is 6. The lowest BCUT2D eigenvalue weighted by Crippen LogP contribution is -2.49. The van der Waals surface area contributed by atoms with E-state index in [1.807, 2.05) is 24.3 Å². The van der Waals surface area contributed by atoms with E-state index in [0.717, 1.165) is 16.6 Å². The van der Waals surface area contributed by atoms with E-state index in [4.69, 9.17) is 19.6 Å². The lowest BCUT2D eigenvalue weighted by Gasteiger charge is -2.31. The maximum atomic E-state index is 14.4. The van der Waals surface area contributed by atoms with Crippen LogP contribution in [0.3, 0.4) is 0 Å². The van der Waals surface area contributed by atoms with Crippen LogP contribution in [0, 0.1) is 11.6 Å². The average molecular weight is 677 g/mol. The number of carbonyl (C=O) groups is 1. The highest BCUT2D eigenvalue weighted by molar-refractivity contribution is 9.10. The summed E-state index contributed by atoms with van der Waals surface area (Å²) < 4.78 is 40.5. The highest BCUT2D eigenvalue weighted by atomic mass is 79.9. The molecule has 1 heterocycles. The molecule has 45 heavy (non-hydrogen) atoms. The molecule has 0 spiro atoms. The fourth-order valence-corrected chi connectivity index (χ4v) is 5.27. The van der Waals surface area contributed by atoms with Crippen LogP contribution in [0.5, 0.6) is 5.75 Å². The molecular formula is C33H28BrF2N5O4. The van der Waals surface area contributed by atoms with Crippen molar-refractivity contribution in [3.63, 3.8) is 0 Å². The van der Waals surface area contributed by atoms with Gasteiger partial charge in [0.25, 0.3) is 5.91 Å². The van der Waals surface area contributed by atoms with E-state index in [1.54, 1.807) is 48.5 Å². The molecule has 9 nitrogen and oxygen atoms in total. The van der Waals surface area contributed by atoms with Crippen LogP contribution in [0.15, 0.2) is 106 Å². The van der Waals surface area contributed by atoms with Gasteiger partial charge in [-0.2, -0.15) is 0 Å². The van der Waals surface area contributed by atoms with Crippen molar-refractivity contribution in [2.45, 2.75) is 31.0 Å². The zero-order valence-electron chi connectivity index (χ0n) is 23.9. The average Bonchev–Trinajstić information content (AvgIpc) is 3.43. The number of aliphatic imine (C=N–C) groups is 1.